The molecule has 1 heterocycles. The summed E-state index contributed by atoms with van der Waals surface area (Å²) in [5.41, 5.74) is 4.39. The van der Waals surface area contributed by atoms with Gasteiger partial charge in [-0.05, 0) is 37.1 Å². The number of furan rings is 1. The number of hydrogen-bond donors (Lipinski definition) is 1. The van der Waals surface area contributed by atoms with Crippen molar-refractivity contribution in [3.63, 3.8) is 0 Å². The molecule has 0 bridgehead atoms. The van der Waals surface area contributed by atoms with Crippen LogP contribution in [0.25, 0.3) is 11.0 Å². The third kappa shape index (κ3) is 3.45. The maximum Gasteiger partial charge on any atom is 0.228 e. The molecule has 0 aliphatic rings. The second-order valence-corrected chi connectivity index (χ2v) is 6.01. The van der Waals surface area contributed by atoms with Gasteiger partial charge in [0, 0.05) is 22.7 Å². The minimum atomic E-state index is -0.112. The molecule has 0 aliphatic heterocycles. The van der Waals surface area contributed by atoms with Crippen molar-refractivity contribution >= 4 is 22.6 Å². The molecule has 0 saturated carbocycles. The summed E-state index contributed by atoms with van der Waals surface area (Å²) in [6.45, 7) is 3.92. The molecule has 0 radical (unpaired) electrons. The van der Waals surface area contributed by atoms with Gasteiger partial charge in [-0.2, -0.15) is 0 Å². The third-order valence-electron chi connectivity index (χ3n) is 4.17. The van der Waals surface area contributed by atoms with Gasteiger partial charge in [0.25, 0.3) is 0 Å². The Morgan fingerprint density at radius 3 is 2.52 bits per heavy atom. The Labute approximate surface area is 146 Å². The first kappa shape index (κ1) is 16.9. The second-order valence-electron chi connectivity index (χ2n) is 6.01. The molecule has 1 amide bonds. The summed E-state index contributed by atoms with van der Waals surface area (Å²) in [4.78, 5) is 12.5. The lowest BCUT2D eigenvalue weighted by atomic mass is 10.1. The van der Waals surface area contributed by atoms with E-state index in [4.69, 9.17) is 13.9 Å². The SMILES string of the molecule is COc1cc(C)c(NC(=O)Cc2coc3cc(C)ccc23)cc1OC. The summed E-state index contributed by atoms with van der Waals surface area (Å²) < 4.78 is 16.1. The van der Waals surface area contributed by atoms with E-state index in [1.165, 1.54) is 0 Å². The summed E-state index contributed by atoms with van der Waals surface area (Å²) in [5, 5.41) is 3.90. The van der Waals surface area contributed by atoms with E-state index in [0.717, 1.165) is 27.7 Å². The fraction of sp³-hybridized carbons (Fsp3) is 0.250. The molecule has 0 atom stereocenters. The molecule has 1 N–H and O–H groups in total. The number of hydrogen-bond acceptors (Lipinski definition) is 4. The Balaban J connectivity index is 1.80. The zero-order valence-corrected chi connectivity index (χ0v) is 14.8. The highest BCUT2D eigenvalue weighted by molar-refractivity contribution is 5.96. The van der Waals surface area contributed by atoms with Gasteiger partial charge in [-0.15, -0.1) is 0 Å². The molecule has 0 saturated heterocycles. The molecular formula is C20H21NO4. The Kier molecular flexibility index (Phi) is 4.65. The van der Waals surface area contributed by atoms with Crippen LogP contribution in [0.2, 0.25) is 0 Å². The summed E-state index contributed by atoms with van der Waals surface area (Å²) in [6, 6.07) is 9.57. The summed E-state index contributed by atoms with van der Waals surface area (Å²) in [6.07, 6.45) is 1.88. The Morgan fingerprint density at radius 2 is 1.80 bits per heavy atom. The Bertz CT molecular complexity index is 927. The number of fused-ring (bicyclic) bond motifs is 1. The molecule has 25 heavy (non-hydrogen) atoms. The number of carbonyl (C=O) groups excluding carboxylic acids is 1. The molecule has 0 unspecified atom stereocenters. The standard InChI is InChI=1S/C20H21NO4/c1-12-5-6-15-14(11-25-17(15)7-12)9-20(22)21-16-10-19(24-4)18(23-3)8-13(16)2/h5-8,10-11H,9H2,1-4H3,(H,21,22). The van der Waals surface area contributed by atoms with Crippen molar-refractivity contribution in [2.45, 2.75) is 20.3 Å². The van der Waals surface area contributed by atoms with Crippen LogP contribution in [0.1, 0.15) is 16.7 Å². The van der Waals surface area contributed by atoms with Gasteiger partial charge < -0.3 is 19.2 Å². The molecule has 0 aliphatic carbocycles. The Morgan fingerprint density at radius 1 is 1.08 bits per heavy atom. The van der Waals surface area contributed by atoms with Crippen molar-refractivity contribution < 1.29 is 18.7 Å². The second kappa shape index (κ2) is 6.89. The number of benzene rings is 2. The van der Waals surface area contributed by atoms with Crippen molar-refractivity contribution in [3.8, 4) is 11.5 Å². The number of methoxy groups -OCH3 is 2. The molecule has 130 valence electrons. The summed E-state index contributed by atoms with van der Waals surface area (Å²) in [5.74, 6) is 1.10. The van der Waals surface area contributed by atoms with Crippen LogP contribution in [0.5, 0.6) is 11.5 Å². The minimum absolute atomic E-state index is 0.112. The lowest BCUT2D eigenvalue weighted by molar-refractivity contribution is -0.115. The van der Waals surface area contributed by atoms with E-state index in [2.05, 4.69) is 5.32 Å². The molecule has 0 fully saturated rings. The van der Waals surface area contributed by atoms with Crippen LogP contribution in [0.4, 0.5) is 5.69 Å². The number of carbonyl (C=O) groups is 1. The largest absolute Gasteiger partial charge is 0.493 e. The Hall–Kier alpha value is -2.95. The van der Waals surface area contributed by atoms with Crippen LogP contribution in [0, 0.1) is 13.8 Å². The maximum absolute atomic E-state index is 12.5. The van der Waals surface area contributed by atoms with Crippen molar-refractivity contribution in [2.75, 3.05) is 19.5 Å². The fourth-order valence-corrected chi connectivity index (χ4v) is 2.81. The van der Waals surface area contributed by atoms with Crippen molar-refractivity contribution in [1.82, 2.24) is 0 Å². The lowest BCUT2D eigenvalue weighted by Gasteiger charge is -2.13. The monoisotopic (exact) mass is 339 g/mol. The number of ether oxygens (including phenoxy) is 2. The number of aryl methyl sites for hydroxylation is 2. The van der Waals surface area contributed by atoms with Crippen molar-refractivity contribution in [1.29, 1.82) is 0 Å². The zero-order chi connectivity index (χ0) is 18.0. The predicted octanol–water partition coefficient (Wildman–Crippen LogP) is 4.25. The van der Waals surface area contributed by atoms with Crippen LogP contribution in [0.15, 0.2) is 41.0 Å². The van der Waals surface area contributed by atoms with E-state index in [1.54, 1.807) is 26.5 Å². The van der Waals surface area contributed by atoms with Gasteiger partial charge in [-0.3, -0.25) is 4.79 Å². The van der Waals surface area contributed by atoms with E-state index in [0.29, 0.717) is 17.2 Å². The topological polar surface area (TPSA) is 60.7 Å². The molecule has 2 aromatic carbocycles. The summed E-state index contributed by atoms with van der Waals surface area (Å²) in [7, 11) is 3.15. The van der Waals surface area contributed by atoms with Crippen LogP contribution >= 0.6 is 0 Å². The number of anilines is 1. The lowest BCUT2D eigenvalue weighted by Crippen LogP contribution is -2.15. The van der Waals surface area contributed by atoms with Crippen LogP contribution in [-0.2, 0) is 11.2 Å². The van der Waals surface area contributed by atoms with Gasteiger partial charge in [-0.1, -0.05) is 12.1 Å². The molecule has 1 aromatic heterocycles. The van der Waals surface area contributed by atoms with Gasteiger partial charge in [-0.25, -0.2) is 0 Å². The van der Waals surface area contributed by atoms with Crippen LogP contribution < -0.4 is 14.8 Å². The van der Waals surface area contributed by atoms with E-state index in [9.17, 15) is 4.79 Å². The molecular weight excluding hydrogens is 318 g/mol. The first-order valence-corrected chi connectivity index (χ1v) is 8.01. The number of amides is 1. The smallest absolute Gasteiger partial charge is 0.228 e. The molecule has 5 nitrogen and oxygen atoms in total. The molecule has 5 heteroatoms. The minimum Gasteiger partial charge on any atom is -0.493 e. The van der Waals surface area contributed by atoms with Crippen molar-refractivity contribution in [2.24, 2.45) is 0 Å². The third-order valence-corrected chi connectivity index (χ3v) is 4.17. The molecule has 3 aromatic rings. The predicted molar refractivity (Wildman–Crippen MR) is 97.6 cm³/mol. The van der Waals surface area contributed by atoms with E-state index in [1.807, 2.05) is 38.1 Å². The van der Waals surface area contributed by atoms with Crippen LogP contribution in [0.3, 0.4) is 0 Å². The average Bonchev–Trinajstić information content (AvgIpc) is 2.98. The van der Waals surface area contributed by atoms with Crippen LogP contribution in [-0.4, -0.2) is 20.1 Å². The quantitative estimate of drug-likeness (QED) is 0.755. The zero-order valence-electron chi connectivity index (χ0n) is 14.8. The fourth-order valence-electron chi connectivity index (χ4n) is 2.81. The van der Waals surface area contributed by atoms with Gasteiger partial charge in [0.1, 0.15) is 5.58 Å². The maximum atomic E-state index is 12.5. The average molecular weight is 339 g/mol. The first-order chi connectivity index (χ1) is 12.0. The van der Waals surface area contributed by atoms with E-state index >= 15 is 0 Å². The molecule has 0 spiro atoms. The highest BCUT2D eigenvalue weighted by atomic mass is 16.5. The summed E-state index contributed by atoms with van der Waals surface area (Å²) >= 11 is 0. The van der Waals surface area contributed by atoms with Crippen molar-refractivity contribution in [3.05, 3.63) is 53.3 Å². The number of rotatable bonds is 5. The normalized spacial score (nSPS) is 10.7. The molecule has 3 rings (SSSR count). The van der Waals surface area contributed by atoms with Gasteiger partial charge in [0.2, 0.25) is 5.91 Å². The highest BCUT2D eigenvalue weighted by Gasteiger charge is 2.14. The van der Waals surface area contributed by atoms with Gasteiger partial charge >= 0.3 is 0 Å². The highest BCUT2D eigenvalue weighted by Crippen LogP contribution is 2.33. The first-order valence-electron chi connectivity index (χ1n) is 8.01. The van der Waals surface area contributed by atoms with E-state index in [-0.39, 0.29) is 12.3 Å². The van der Waals surface area contributed by atoms with Gasteiger partial charge in [0.05, 0.1) is 26.9 Å². The number of nitrogens with one attached hydrogen (secondary N) is 1. The van der Waals surface area contributed by atoms with E-state index < -0.39 is 0 Å². The van der Waals surface area contributed by atoms with Gasteiger partial charge in [0.15, 0.2) is 11.5 Å².